The predicted molar refractivity (Wildman–Crippen MR) is 137 cm³/mol. The molecule has 2 atom stereocenters. The summed E-state index contributed by atoms with van der Waals surface area (Å²) in [6.07, 6.45) is 4.04. The van der Waals surface area contributed by atoms with Gasteiger partial charge in [0, 0.05) is 30.7 Å². The number of amides is 2. The van der Waals surface area contributed by atoms with Crippen LogP contribution in [0.1, 0.15) is 49.1 Å². The molecule has 0 aromatic heterocycles. The average Bonchev–Trinajstić information content (AvgIpc) is 3.00. The number of likely N-dealkylation sites (tertiary alicyclic amines) is 1. The summed E-state index contributed by atoms with van der Waals surface area (Å²) in [5, 5.41) is 12.3. The lowest BCUT2D eigenvalue weighted by atomic mass is 9.98. The van der Waals surface area contributed by atoms with Gasteiger partial charge in [-0.05, 0) is 54.2 Å². The molecular weight excluding hydrogens is 464 g/mol. The molecule has 186 valence electrons. The Bertz CT molecular complexity index is 1030. The van der Waals surface area contributed by atoms with Crippen molar-refractivity contribution in [2.45, 2.75) is 49.3 Å². The molecule has 35 heavy (non-hydrogen) atoms. The molecule has 0 spiro atoms. The third-order valence-corrected chi connectivity index (χ3v) is 8.04. The SMILES string of the molecule is CSC1CCCN(C(=O)C(CCC(=O)O)NC(=O)OCC2c3ccccc3-c3ccccc32)CC1. The number of thioether (sulfide) groups is 1. The summed E-state index contributed by atoms with van der Waals surface area (Å²) in [5.74, 6) is -1.33. The molecule has 2 aromatic carbocycles. The van der Waals surface area contributed by atoms with Crippen molar-refractivity contribution in [2.24, 2.45) is 0 Å². The highest BCUT2D eigenvalue weighted by molar-refractivity contribution is 7.99. The molecule has 1 aliphatic carbocycles. The Morgan fingerprint density at radius 1 is 1.06 bits per heavy atom. The molecule has 1 heterocycles. The lowest BCUT2D eigenvalue weighted by Gasteiger charge is -2.26. The van der Waals surface area contributed by atoms with Crippen LogP contribution in [0.3, 0.4) is 0 Å². The predicted octanol–water partition coefficient (Wildman–Crippen LogP) is 4.50. The maximum atomic E-state index is 13.2. The number of fused-ring (bicyclic) bond motifs is 3. The summed E-state index contributed by atoms with van der Waals surface area (Å²) in [7, 11) is 0. The smallest absolute Gasteiger partial charge is 0.407 e. The maximum Gasteiger partial charge on any atom is 0.407 e. The minimum atomic E-state index is -1.00. The van der Waals surface area contributed by atoms with Crippen LogP contribution in [0.2, 0.25) is 0 Å². The van der Waals surface area contributed by atoms with Crippen molar-refractivity contribution in [3.8, 4) is 11.1 Å². The minimum absolute atomic E-state index is 0.0286. The van der Waals surface area contributed by atoms with Gasteiger partial charge in [-0.3, -0.25) is 9.59 Å². The molecule has 7 nitrogen and oxygen atoms in total. The third kappa shape index (κ3) is 5.99. The van der Waals surface area contributed by atoms with E-state index < -0.39 is 18.1 Å². The van der Waals surface area contributed by atoms with Gasteiger partial charge in [-0.15, -0.1) is 0 Å². The zero-order valence-corrected chi connectivity index (χ0v) is 20.8. The van der Waals surface area contributed by atoms with Gasteiger partial charge >= 0.3 is 12.1 Å². The molecule has 1 fully saturated rings. The molecule has 0 radical (unpaired) electrons. The van der Waals surface area contributed by atoms with E-state index in [1.54, 1.807) is 4.90 Å². The average molecular weight is 497 g/mol. The van der Waals surface area contributed by atoms with Crippen molar-refractivity contribution < 1.29 is 24.2 Å². The first-order chi connectivity index (χ1) is 17.0. The van der Waals surface area contributed by atoms with Crippen molar-refractivity contribution in [3.63, 3.8) is 0 Å². The number of alkyl carbamates (subject to hydrolysis) is 1. The van der Waals surface area contributed by atoms with Crippen LogP contribution in [-0.4, -0.2) is 65.2 Å². The summed E-state index contributed by atoms with van der Waals surface area (Å²) >= 11 is 1.81. The number of ether oxygens (including phenoxy) is 1. The molecule has 1 aliphatic heterocycles. The number of carboxylic acids is 1. The number of hydrogen-bond acceptors (Lipinski definition) is 5. The molecule has 2 aromatic rings. The summed E-state index contributed by atoms with van der Waals surface area (Å²) in [6, 6.07) is 15.2. The molecule has 4 rings (SSSR count). The van der Waals surface area contributed by atoms with Crippen molar-refractivity contribution >= 4 is 29.7 Å². The number of aliphatic carboxylic acids is 1. The van der Waals surface area contributed by atoms with Gasteiger partial charge in [0.25, 0.3) is 0 Å². The Labute approximate surface area is 210 Å². The molecule has 2 N–H and O–H groups in total. The quantitative estimate of drug-likeness (QED) is 0.559. The summed E-state index contributed by atoms with van der Waals surface area (Å²) in [5.41, 5.74) is 4.48. The zero-order chi connectivity index (χ0) is 24.8. The van der Waals surface area contributed by atoms with Crippen molar-refractivity contribution in [1.29, 1.82) is 0 Å². The highest BCUT2D eigenvalue weighted by Gasteiger charge is 2.31. The van der Waals surface area contributed by atoms with E-state index in [9.17, 15) is 14.4 Å². The van der Waals surface area contributed by atoms with Gasteiger partial charge in [0.1, 0.15) is 12.6 Å². The number of carbonyl (C=O) groups is 3. The highest BCUT2D eigenvalue weighted by Crippen LogP contribution is 2.44. The standard InChI is InChI=1S/C27H32N2O5S/c1-35-18-7-6-15-29(16-14-18)26(32)24(12-13-25(30)31)28-27(33)34-17-23-21-10-4-2-8-19(21)20-9-3-5-11-22(20)23/h2-5,8-11,18,23-24H,6-7,12-17H2,1H3,(H,28,33)(H,30,31). The fraction of sp³-hybridized carbons (Fsp3) is 0.444. The molecule has 0 bridgehead atoms. The number of hydrogen-bond donors (Lipinski definition) is 2. The Balaban J connectivity index is 1.41. The minimum Gasteiger partial charge on any atom is -0.481 e. The van der Waals surface area contributed by atoms with Gasteiger partial charge in [-0.25, -0.2) is 4.79 Å². The van der Waals surface area contributed by atoms with Gasteiger partial charge in [0.15, 0.2) is 0 Å². The van der Waals surface area contributed by atoms with Crippen LogP contribution >= 0.6 is 11.8 Å². The van der Waals surface area contributed by atoms with Gasteiger partial charge in [-0.1, -0.05) is 48.5 Å². The lowest BCUT2D eigenvalue weighted by molar-refractivity contribution is -0.138. The number of benzene rings is 2. The second-order valence-electron chi connectivity index (χ2n) is 9.07. The summed E-state index contributed by atoms with van der Waals surface area (Å²) < 4.78 is 5.60. The van der Waals surface area contributed by atoms with Crippen LogP contribution in [0.15, 0.2) is 48.5 Å². The second-order valence-corrected chi connectivity index (χ2v) is 10.2. The van der Waals surface area contributed by atoms with Crippen LogP contribution in [0.25, 0.3) is 11.1 Å². The van der Waals surface area contributed by atoms with Crippen LogP contribution in [0.5, 0.6) is 0 Å². The number of carboxylic acid groups (broad SMARTS) is 1. The van der Waals surface area contributed by atoms with Crippen LogP contribution in [0, 0.1) is 0 Å². The molecule has 2 unspecified atom stereocenters. The van der Waals surface area contributed by atoms with E-state index in [-0.39, 0.29) is 31.3 Å². The van der Waals surface area contributed by atoms with E-state index in [1.165, 1.54) is 0 Å². The van der Waals surface area contributed by atoms with Gasteiger partial charge < -0.3 is 20.1 Å². The van der Waals surface area contributed by atoms with Crippen LogP contribution in [0.4, 0.5) is 4.79 Å². The van der Waals surface area contributed by atoms with Gasteiger partial charge in [-0.2, -0.15) is 11.8 Å². The lowest BCUT2D eigenvalue weighted by Crippen LogP contribution is -2.49. The summed E-state index contributed by atoms with van der Waals surface area (Å²) in [4.78, 5) is 39.0. The topological polar surface area (TPSA) is 95.9 Å². The van der Waals surface area contributed by atoms with E-state index in [2.05, 4.69) is 23.7 Å². The van der Waals surface area contributed by atoms with E-state index in [4.69, 9.17) is 9.84 Å². The Morgan fingerprint density at radius 2 is 1.71 bits per heavy atom. The second kappa shape index (κ2) is 11.6. The van der Waals surface area contributed by atoms with E-state index >= 15 is 0 Å². The third-order valence-electron chi connectivity index (χ3n) is 6.90. The summed E-state index contributed by atoms with van der Waals surface area (Å²) in [6.45, 7) is 1.37. The molecule has 8 heteroatoms. The normalized spacial score (nSPS) is 18.2. The van der Waals surface area contributed by atoms with Crippen LogP contribution in [-0.2, 0) is 14.3 Å². The number of nitrogens with zero attached hydrogens (tertiary/aromatic N) is 1. The van der Waals surface area contributed by atoms with Crippen molar-refractivity contribution in [1.82, 2.24) is 10.2 Å². The molecular formula is C27H32N2O5S. The Kier molecular flexibility index (Phi) is 8.33. The molecule has 2 amide bonds. The van der Waals surface area contributed by atoms with Crippen LogP contribution < -0.4 is 5.32 Å². The number of nitrogens with one attached hydrogen (secondary N) is 1. The van der Waals surface area contributed by atoms with Crippen molar-refractivity contribution in [3.05, 3.63) is 59.7 Å². The zero-order valence-electron chi connectivity index (χ0n) is 19.9. The van der Waals surface area contributed by atoms with E-state index in [1.807, 2.05) is 48.2 Å². The van der Waals surface area contributed by atoms with Crippen molar-refractivity contribution in [2.75, 3.05) is 26.0 Å². The van der Waals surface area contributed by atoms with Gasteiger partial charge in [0.2, 0.25) is 5.91 Å². The van der Waals surface area contributed by atoms with E-state index in [0.717, 1.165) is 41.5 Å². The fourth-order valence-corrected chi connectivity index (χ4v) is 5.79. The fourth-order valence-electron chi connectivity index (χ4n) is 5.05. The molecule has 0 saturated carbocycles. The number of carbonyl (C=O) groups excluding carboxylic acids is 2. The number of rotatable bonds is 8. The largest absolute Gasteiger partial charge is 0.481 e. The first-order valence-corrected chi connectivity index (χ1v) is 13.4. The molecule has 2 aliphatic rings. The first-order valence-electron chi connectivity index (χ1n) is 12.1. The van der Waals surface area contributed by atoms with E-state index in [0.29, 0.717) is 18.3 Å². The Morgan fingerprint density at radius 3 is 2.34 bits per heavy atom. The maximum absolute atomic E-state index is 13.2. The Hall–Kier alpha value is -3.00. The highest BCUT2D eigenvalue weighted by atomic mass is 32.2. The monoisotopic (exact) mass is 496 g/mol. The first kappa shape index (κ1) is 25.1. The molecule has 1 saturated heterocycles. The van der Waals surface area contributed by atoms with Gasteiger partial charge in [0.05, 0.1) is 0 Å².